The van der Waals surface area contributed by atoms with E-state index >= 15 is 0 Å². The maximum Gasteiger partial charge on any atom is 0.266 e. The molecule has 6 rings (SSSR count). The number of pyridine rings is 1. The topological polar surface area (TPSA) is 147 Å². The Kier molecular flexibility index (Phi) is 6.17. The summed E-state index contributed by atoms with van der Waals surface area (Å²) in [4.78, 5) is 16.2. The first-order valence-corrected chi connectivity index (χ1v) is 11.7. The molecule has 0 amide bonds. The number of hydrogen-bond donors (Lipinski definition) is 1. The van der Waals surface area contributed by atoms with Crippen molar-refractivity contribution < 1.29 is 23.2 Å². The molecular weight excluding hydrogens is 502 g/mol. The highest BCUT2D eigenvalue weighted by molar-refractivity contribution is 5.69. The molecule has 0 saturated heterocycles. The molecule has 0 radical (unpaired) electrons. The van der Waals surface area contributed by atoms with E-state index in [0.29, 0.717) is 57.8 Å². The fourth-order valence-electron chi connectivity index (χ4n) is 3.96. The van der Waals surface area contributed by atoms with Gasteiger partial charge in [0.25, 0.3) is 11.8 Å². The van der Waals surface area contributed by atoms with Gasteiger partial charge < -0.3 is 28.1 Å². The highest BCUT2D eigenvalue weighted by Crippen LogP contribution is 2.41. The van der Waals surface area contributed by atoms with Crippen LogP contribution in [0.25, 0.3) is 57.3 Å². The van der Waals surface area contributed by atoms with Gasteiger partial charge in [0.2, 0.25) is 17.5 Å². The maximum atomic E-state index is 5.79. The maximum absolute atomic E-state index is 5.79. The van der Waals surface area contributed by atoms with Gasteiger partial charge in [0.15, 0.2) is 11.5 Å². The van der Waals surface area contributed by atoms with E-state index in [0.717, 1.165) is 16.7 Å². The van der Waals surface area contributed by atoms with Crippen LogP contribution in [0, 0.1) is 0 Å². The third-order valence-electron chi connectivity index (χ3n) is 5.91. The monoisotopic (exact) mass is 523 g/mol. The number of benzene rings is 2. The summed E-state index contributed by atoms with van der Waals surface area (Å²) in [6, 6.07) is 14.7. The van der Waals surface area contributed by atoms with E-state index in [1.807, 2.05) is 24.3 Å². The Balaban J connectivity index is 1.22. The number of aromatic amines is 1. The van der Waals surface area contributed by atoms with Crippen LogP contribution in [0.1, 0.15) is 0 Å². The van der Waals surface area contributed by atoms with Crippen LogP contribution in [-0.2, 0) is 0 Å². The van der Waals surface area contributed by atoms with Gasteiger partial charge in [-0.3, -0.25) is 4.98 Å². The summed E-state index contributed by atoms with van der Waals surface area (Å²) in [6.07, 6.45) is 4.98. The van der Waals surface area contributed by atoms with Crippen LogP contribution in [-0.4, -0.2) is 56.6 Å². The number of rotatable bonds is 8. The first-order chi connectivity index (χ1) is 19.2. The van der Waals surface area contributed by atoms with E-state index in [-0.39, 0.29) is 0 Å². The Morgan fingerprint density at radius 3 is 2.10 bits per heavy atom. The van der Waals surface area contributed by atoms with Crippen LogP contribution in [0.15, 0.2) is 76.1 Å². The molecule has 0 spiro atoms. The molecule has 0 fully saturated rings. The number of nitrogens with zero attached hydrogens (tertiary/aromatic N) is 6. The van der Waals surface area contributed by atoms with Gasteiger partial charge in [-0.05, 0) is 24.3 Å². The van der Waals surface area contributed by atoms with Crippen LogP contribution in [0.3, 0.4) is 0 Å². The number of aromatic nitrogens is 7. The number of methoxy groups -OCH3 is 3. The molecule has 4 aromatic heterocycles. The van der Waals surface area contributed by atoms with Crippen molar-refractivity contribution >= 4 is 0 Å². The zero-order valence-electron chi connectivity index (χ0n) is 21.1. The summed E-state index contributed by atoms with van der Waals surface area (Å²) in [5.41, 5.74) is 3.65. The van der Waals surface area contributed by atoms with E-state index in [9.17, 15) is 0 Å². The summed E-state index contributed by atoms with van der Waals surface area (Å²) in [5.74, 6) is 3.59. The highest BCUT2D eigenvalue weighted by Gasteiger charge is 2.19. The second-order valence-corrected chi connectivity index (χ2v) is 8.21. The fraction of sp³-hybridized carbons (Fsp3) is 0.111. The Hall–Kier alpha value is -5.52. The predicted molar refractivity (Wildman–Crippen MR) is 139 cm³/mol. The summed E-state index contributed by atoms with van der Waals surface area (Å²) in [5, 5.41) is 12.4. The molecule has 0 saturated carbocycles. The second-order valence-electron chi connectivity index (χ2n) is 8.21. The molecule has 4 heterocycles. The third kappa shape index (κ3) is 4.55. The Bertz CT molecular complexity index is 1700. The molecule has 39 heavy (non-hydrogen) atoms. The number of imidazole rings is 1. The van der Waals surface area contributed by atoms with Crippen LogP contribution < -0.4 is 14.2 Å². The normalized spacial score (nSPS) is 10.9. The van der Waals surface area contributed by atoms with Crippen molar-refractivity contribution in [2.45, 2.75) is 0 Å². The molecule has 0 aliphatic carbocycles. The van der Waals surface area contributed by atoms with Crippen molar-refractivity contribution in [3.63, 3.8) is 0 Å². The van der Waals surface area contributed by atoms with Crippen molar-refractivity contribution in [3.05, 3.63) is 67.1 Å². The highest BCUT2D eigenvalue weighted by atomic mass is 16.5. The van der Waals surface area contributed by atoms with Gasteiger partial charge in [-0.1, -0.05) is 29.4 Å². The smallest absolute Gasteiger partial charge is 0.266 e. The van der Waals surface area contributed by atoms with Crippen LogP contribution in [0.4, 0.5) is 0 Å². The van der Waals surface area contributed by atoms with Gasteiger partial charge in [-0.25, -0.2) is 4.98 Å². The third-order valence-corrected chi connectivity index (χ3v) is 5.91. The zero-order valence-corrected chi connectivity index (χ0v) is 21.1. The fourth-order valence-corrected chi connectivity index (χ4v) is 3.96. The van der Waals surface area contributed by atoms with Crippen LogP contribution in [0.2, 0.25) is 0 Å². The minimum atomic E-state index is 0.315. The van der Waals surface area contributed by atoms with E-state index < -0.39 is 0 Å². The van der Waals surface area contributed by atoms with Gasteiger partial charge in [-0.15, -0.1) is 10.2 Å². The lowest BCUT2D eigenvalue weighted by Gasteiger charge is -2.12. The van der Waals surface area contributed by atoms with Crippen molar-refractivity contribution in [1.29, 1.82) is 0 Å². The molecule has 6 aromatic rings. The van der Waals surface area contributed by atoms with Crippen LogP contribution >= 0.6 is 0 Å². The average Bonchev–Trinajstić information content (AvgIpc) is 3.78. The quantitative estimate of drug-likeness (QED) is 0.289. The largest absolute Gasteiger partial charge is 0.493 e. The van der Waals surface area contributed by atoms with Crippen molar-refractivity contribution in [1.82, 2.24) is 35.3 Å². The summed E-state index contributed by atoms with van der Waals surface area (Å²) in [7, 11) is 4.64. The first-order valence-electron chi connectivity index (χ1n) is 11.7. The van der Waals surface area contributed by atoms with Gasteiger partial charge in [0.1, 0.15) is 11.5 Å². The summed E-state index contributed by atoms with van der Waals surface area (Å²) in [6.45, 7) is 0. The lowest BCUT2D eigenvalue weighted by atomic mass is 10.1. The molecule has 0 unspecified atom stereocenters. The van der Waals surface area contributed by atoms with E-state index in [2.05, 4.69) is 35.3 Å². The number of ether oxygens (including phenoxy) is 3. The van der Waals surface area contributed by atoms with Crippen molar-refractivity contribution in [3.8, 4) is 74.5 Å². The molecule has 0 aliphatic rings. The minimum Gasteiger partial charge on any atom is -0.493 e. The SMILES string of the molecule is COc1cc(-c2nc(-c3ccc(-c4ncc(-c5nnc(-c6ccncc6)o5)[nH]4)cc3)no2)cc(OC)c1OC. The summed E-state index contributed by atoms with van der Waals surface area (Å²) >= 11 is 0. The van der Waals surface area contributed by atoms with Crippen molar-refractivity contribution in [2.24, 2.45) is 0 Å². The standard InChI is InChI=1S/C27H21N7O5/c1-35-20-12-18(13-21(36-2)22(20)37-3)25-31-24(34-39-25)16-6-4-15(5-7-16)23-29-14-19(30-23)27-33-32-26(38-27)17-8-10-28-11-9-17/h4-14H,1-3H3,(H,29,30). The molecule has 0 atom stereocenters. The Labute approximate surface area is 221 Å². The van der Waals surface area contributed by atoms with E-state index in [1.165, 1.54) is 0 Å². The van der Waals surface area contributed by atoms with Gasteiger partial charge in [0.05, 0.1) is 27.5 Å². The molecular formula is C27H21N7O5. The lowest BCUT2D eigenvalue weighted by Crippen LogP contribution is -1.95. The second kappa shape index (κ2) is 10.1. The van der Waals surface area contributed by atoms with Crippen molar-refractivity contribution in [2.75, 3.05) is 21.3 Å². The molecule has 2 aromatic carbocycles. The molecule has 194 valence electrons. The van der Waals surface area contributed by atoms with Crippen LogP contribution in [0.5, 0.6) is 17.2 Å². The molecule has 0 bridgehead atoms. The Morgan fingerprint density at radius 1 is 0.718 bits per heavy atom. The van der Waals surface area contributed by atoms with E-state index in [1.54, 1.807) is 64.2 Å². The number of nitrogens with one attached hydrogen (secondary N) is 1. The van der Waals surface area contributed by atoms with Gasteiger partial charge >= 0.3 is 0 Å². The zero-order chi connectivity index (χ0) is 26.8. The number of hydrogen-bond acceptors (Lipinski definition) is 11. The molecule has 12 heteroatoms. The first kappa shape index (κ1) is 23.9. The minimum absolute atomic E-state index is 0.315. The molecule has 1 N–H and O–H groups in total. The molecule has 0 aliphatic heterocycles. The number of H-pyrrole nitrogens is 1. The molecule has 12 nitrogen and oxygen atoms in total. The van der Waals surface area contributed by atoms with Gasteiger partial charge in [-0.2, -0.15) is 4.98 Å². The Morgan fingerprint density at radius 2 is 1.41 bits per heavy atom. The average molecular weight is 524 g/mol. The predicted octanol–water partition coefficient (Wildman–Crippen LogP) is 4.93. The van der Waals surface area contributed by atoms with Gasteiger partial charge in [0, 0.05) is 34.6 Å². The lowest BCUT2D eigenvalue weighted by molar-refractivity contribution is 0.324. The summed E-state index contributed by atoms with van der Waals surface area (Å²) < 4.78 is 27.5. The van der Waals surface area contributed by atoms with E-state index in [4.69, 9.17) is 23.2 Å².